The highest BCUT2D eigenvalue weighted by Crippen LogP contribution is 2.45. The third-order valence-electron chi connectivity index (χ3n) is 19.5. The van der Waals surface area contributed by atoms with E-state index in [-0.39, 0.29) is 25.7 Å². The Morgan fingerprint density at radius 2 is 0.451 bits per heavy atom. The number of hydrogen-bond acceptors (Lipinski definition) is 15. The van der Waals surface area contributed by atoms with Crippen molar-refractivity contribution in [3.05, 3.63) is 0 Å². The number of hydrogen-bond donors (Lipinski definition) is 3. The van der Waals surface area contributed by atoms with Crippen LogP contribution in [0.3, 0.4) is 0 Å². The summed E-state index contributed by atoms with van der Waals surface area (Å²) in [6.45, 7) is 7.33. The minimum absolute atomic E-state index is 0.108. The fourth-order valence-corrected chi connectivity index (χ4v) is 14.5. The number of phosphoric acid groups is 2. The molecule has 0 heterocycles. The van der Waals surface area contributed by atoms with Crippen molar-refractivity contribution in [2.24, 2.45) is 5.92 Å². The molecule has 2 unspecified atom stereocenters. The topological polar surface area (TPSA) is 237 Å². The quantitative estimate of drug-likeness (QED) is 0.0222. The Balaban J connectivity index is 5.19. The van der Waals surface area contributed by atoms with Crippen molar-refractivity contribution in [3.63, 3.8) is 0 Å². The zero-order chi connectivity index (χ0) is 74.8. The van der Waals surface area contributed by atoms with Crippen LogP contribution in [0.25, 0.3) is 0 Å². The highest BCUT2D eigenvalue weighted by Gasteiger charge is 2.30. The van der Waals surface area contributed by atoms with Crippen molar-refractivity contribution in [1.29, 1.82) is 0 Å². The molecule has 5 atom stereocenters. The van der Waals surface area contributed by atoms with E-state index < -0.39 is 97.5 Å². The monoisotopic (exact) mass is 1490 g/mol. The van der Waals surface area contributed by atoms with Gasteiger partial charge in [-0.05, 0) is 31.6 Å². The molecule has 0 aromatic heterocycles. The van der Waals surface area contributed by atoms with Crippen LogP contribution in [0.2, 0.25) is 0 Å². The van der Waals surface area contributed by atoms with Crippen LogP contribution in [0.15, 0.2) is 0 Å². The SMILES string of the molecule is CCCCCCCCCCCCCCCCCCCCCCCC(=O)O[C@H](COC(=O)CCCCCCCCCCCCCCCCCCC)COP(=O)(O)OC[C@@H](O)COP(=O)(O)OC[C@@H](COC(=O)CCCCCCCCCC)OC(=O)CCCCCCCCCCCCCCCC(C)C. The molecule has 0 amide bonds. The maximum absolute atomic E-state index is 13.1. The van der Waals surface area contributed by atoms with Crippen LogP contribution < -0.4 is 0 Å². The first-order valence-corrected chi connectivity index (χ1v) is 46.1. The highest BCUT2D eigenvalue weighted by molar-refractivity contribution is 7.47. The van der Waals surface area contributed by atoms with Crippen LogP contribution in [0.4, 0.5) is 0 Å². The first-order chi connectivity index (χ1) is 49.5. The van der Waals surface area contributed by atoms with Gasteiger partial charge in [0.25, 0.3) is 0 Å². The molecule has 0 bridgehead atoms. The molecular formula is C83H162O17P2. The lowest BCUT2D eigenvalue weighted by Crippen LogP contribution is -2.30. The van der Waals surface area contributed by atoms with E-state index in [0.717, 1.165) is 102 Å². The van der Waals surface area contributed by atoms with Crippen LogP contribution in [-0.2, 0) is 65.4 Å². The van der Waals surface area contributed by atoms with E-state index in [1.807, 2.05) is 0 Å². The summed E-state index contributed by atoms with van der Waals surface area (Å²) >= 11 is 0. The van der Waals surface area contributed by atoms with Crippen molar-refractivity contribution in [1.82, 2.24) is 0 Å². The smallest absolute Gasteiger partial charge is 0.462 e. The van der Waals surface area contributed by atoms with Crippen LogP contribution in [0, 0.1) is 5.92 Å². The Labute approximate surface area is 626 Å². The maximum Gasteiger partial charge on any atom is 0.472 e. The second-order valence-corrected chi connectivity index (χ2v) is 33.3. The van der Waals surface area contributed by atoms with E-state index in [9.17, 15) is 43.2 Å². The molecule has 0 aromatic rings. The molecule has 3 N–H and O–H groups in total. The first-order valence-electron chi connectivity index (χ1n) is 43.1. The number of esters is 4. The van der Waals surface area contributed by atoms with Crippen LogP contribution >= 0.6 is 15.6 Å². The lowest BCUT2D eigenvalue weighted by atomic mass is 10.0. The predicted octanol–water partition coefficient (Wildman–Crippen LogP) is 25.2. The highest BCUT2D eigenvalue weighted by atomic mass is 31.2. The first kappa shape index (κ1) is 100. The van der Waals surface area contributed by atoms with Gasteiger partial charge in [-0.2, -0.15) is 0 Å². The number of ether oxygens (including phenoxy) is 4. The van der Waals surface area contributed by atoms with E-state index in [1.165, 1.54) is 263 Å². The number of unbranched alkanes of at least 4 members (excludes halogenated alkanes) is 55. The number of phosphoric ester groups is 2. The number of carbonyl (C=O) groups is 4. The molecule has 0 spiro atoms. The van der Waals surface area contributed by atoms with Gasteiger partial charge in [0.05, 0.1) is 26.4 Å². The zero-order valence-electron chi connectivity index (χ0n) is 66.8. The number of aliphatic hydroxyl groups is 1. The van der Waals surface area contributed by atoms with E-state index in [1.54, 1.807) is 0 Å². The minimum Gasteiger partial charge on any atom is -0.462 e. The van der Waals surface area contributed by atoms with Gasteiger partial charge >= 0.3 is 39.5 Å². The van der Waals surface area contributed by atoms with E-state index in [4.69, 9.17) is 37.0 Å². The molecule has 606 valence electrons. The van der Waals surface area contributed by atoms with Crippen molar-refractivity contribution in [2.75, 3.05) is 39.6 Å². The molecule has 0 aromatic carbocycles. The van der Waals surface area contributed by atoms with Gasteiger partial charge in [0, 0.05) is 25.7 Å². The van der Waals surface area contributed by atoms with Crippen molar-refractivity contribution in [3.8, 4) is 0 Å². The Morgan fingerprint density at radius 3 is 0.667 bits per heavy atom. The molecule has 0 saturated carbocycles. The molecule has 0 aliphatic heterocycles. The third kappa shape index (κ3) is 76.3. The summed E-state index contributed by atoms with van der Waals surface area (Å²) in [6, 6.07) is 0. The Morgan fingerprint density at radius 1 is 0.265 bits per heavy atom. The molecule has 0 rings (SSSR count). The number of rotatable bonds is 83. The standard InChI is InChI=1S/C83H162O17P2/c1-6-9-12-15-18-21-23-25-27-29-30-31-32-34-36-40-44-48-53-58-63-68-83(88)100-79(73-94-81(86)67-62-57-52-47-43-39-35-33-28-26-24-22-19-16-13-10-7-2)75-98-102(91,92)96-71-77(84)70-95-101(89,90)97-74-78(72-93-80(85)66-61-56-51-20-17-14-11-8-3)99-82(87)69-64-59-54-49-45-41-37-38-42-46-50-55-60-65-76(4)5/h76-79,84H,6-75H2,1-5H3,(H,89,90)(H,91,92)/t77-,78+,79+/m0/s1. The van der Waals surface area contributed by atoms with E-state index >= 15 is 0 Å². The maximum atomic E-state index is 13.1. The van der Waals surface area contributed by atoms with Gasteiger partial charge in [0.15, 0.2) is 12.2 Å². The molecule has 0 fully saturated rings. The second-order valence-electron chi connectivity index (χ2n) is 30.3. The average molecular weight is 1490 g/mol. The summed E-state index contributed by atoms with van der Waals surface area (Å²) in [5.41, 5.74) is 0. The molecule has 19 heteroatoms. The summed E-state index contributed by atoms with van der Waals surface area (Å²) < 4.78 is 68.7. The van der Waals surface area contributed by atoms with Gasteiger partial charge in [0.1, 0.15) is 19.3 Å². The lowest BCUT2D eigenvalue weighted by Gasteiger charge is -2.21. The second kappa shape index (κ2) is 75.9. The van der Waals surface area contributed by atoms with Crippen molar-refractivity contribution >= 4 is 39.5 Å². The number of carbonyl (C=O) groups excluding carboxylic acids is 4. The Hall–Kier alpha value is -1.94. The van der Waals surface area contributed by atoms with Crippen LogP contribution in [0.5, 0.6) is 0 Å². The predicted molar refractivity (Wildman–Crippen MR) is 418 cm³/mol. The fourth-order valence-electron chi connectivity index (χ4n) is 12.9. The summed E-state index contributed by atoms with van der Waals surface area (Å²) in [7, 11) is -9.92. The van der Waals surface area contributed by atoms with E-state index in [2.05, 4.69) is 34.6 Å². The molecule has 0 saturated heterocycles. The average Bonchev–Trinajstić information content (AvgIpc) is 0.923. The van der Waals surface area contributed by atoms with Gasteiger partial charge in [-0.1, -0.05) is 394 Å². The molecule has 17 nitrogen and oxygen atoms in total. The van der Waals surface area contributed by atoms with Crippen molar-refractivity contribution in [2.45, 2.75) is 464 Å². The molecule has 102 heavy (non-hydrogen) atoms. The van der Waals surface area contributed by atoms with Gasteiger partial charge < -0.3 is 33.8 Å². The molecular weight excluding hydrogens is 1330 g/mol. The summed E-state index contributed by atoms with van der Waals surface area (Å²) in [5.74, 6) is -1.32. The minimum atomic E-state index is -4.96. The largest absolute Gasteiger partial charge is 0.472 e. The van der Waals surface area contributed by atoms with Gasteiger partial charge in [-0.3, -0.25) is 37.3 Å². The lowest BCUT2D eigenvalue weighted by molar-refractivity contribution is -0.161. The van der Waals surface area contributed by atoms with E-state index in [0.29, 0.717) is 25.7 Å². The van der Waals surface area contributed by atoms with Gasteiger partial charge in [-0.15, -0.1) is 0 Å². The third-order valence-corrected chi connectivity index (χ3v) is 21.4. The molecule has 0 aliphatic carbocycles. The molecule has 0 radical (unpaired) electrons. The summed E-state index contributed by atoms with van der Waals surface area (Å²) in [6.07, 6.45) is 68.1. The van der Waals surface area contributed by atoms with Gasteiger partial charge in [-0.25, -0.2) is 9.13 Å². The van der Waals surface area contributed by atoms with Crippen molar-refractivity contribution < 1.29 is 80.2 Å². The van der Waals surface area contributed by atoms with Crippen LogP contribution in [-0.4, -0.2) is 96.7 Å². The summed E-state index contributed by atoms with van der Waals surface area (Å²) in [4.78, 5) is 73.0. The Kier molecular flexibility index (Phi) is 74.4. The van der Waals surface area contributed by atoms with Gasteiger partial charge in [0.2, 0.25) is 0 Å². The normalized spacial score (nSPS) is 13.8. The van der Waals surface area contributed by atoms with Crippen LogP contribution in [0.1, 0.15) is 446 Å². The zero-order valence-corrected chi connectivity index (χ0v) is 68.5. The molecule has 0 aliphatic rings. The summed E-state index contributed by atoms with van der Waals surface area (Å²) in [5, 5.41) is 10.6. The fraction of sp³-hybridized carbons (Fsp3) is 0.952. The Bertz CT molecular complexity index is 1940. The number of aliphatic hydroxyl groups excluding tert-OH is 1.